The number of hydrogen-bond donors (Lipinski definition) is 1. The van der Waals surface area contributed by atoms with Crippen LogP contribution in [0.2, 0.25) is 0 Å². The summed E-state index contributed by atoms with van der Waals surface area (Å²) in [6.07, 6.45) is 4.29. The van der Waals surface area contributed by atoms with Gasteiger partial charge in [-0.1, -0.05) is 6.92 Å². The van der Waals surface area contributed by atoms with Crippen molar-refractivity contribution in [1.29, 1.82) is 0 Å². The summed E-state index contributed by atoms with van der Waals surface area (Å²) in [6.45, 7) is 2.76. The van der Waals surface area contributed by atoms with Gasteiger partial charge >= 0.3 is 0 Å². The number of nitrogens with zero attached hydrogens (tertiary/aromatic N) is 1. The van der Waals surface area contributed by atoms with Gasteiger partial charge in [0.25, 0.3) is 0 Å². The molecule has 2 saturated heterocycles. The van der Waals surface area contributed by atoms with Gasteiger partial charge in [0.2, 0.25) is 10.0 Å². The van der Waals surface area contributed by atoms with Crippen molar-refractivity contribution < 1.29 is 13.2 Å². The molecule has 6 heteroatoms. The summed E-state index contributed by atoms with van der Waals surface area (Å²) >= 11 is 0. The molecule has 2 rings (SSSR count). The zero-order valence-electron chi connectivity index (χ0n) is 11.3. The van der Waals surface area contributed by atoms with Crippen molar-refractivity contribution in [3.8, 4) is 0 Å². The number of fused-ring (bicyclic) bond motifs is 2. The van der Waals surface area contributed by atoms with Crippen molar-refractivity contribution in [2.75, 3.05) is 26.0 Å². The minimum Gasteiger partial charge on any atom is -0.384 e. The van der Waals surface area contributed by atoms with Gasteiger partial charge in [-0.3, -0.25) is 0 Å². The zero-order chi connectivity index (χ0) is 13.2. The Balaban J connectivity index is 2.04. The molecule has 2 aliphatic heterocycles. The van der Waals surface area contributed by atoms with Gasteiger partial charge < -0.3 is 10.1 Å². The van der Waals surface area contributed by atoms with Gasteiger partial charge in [0.05, 0.1) is 12.4 Å². The van der Waals surface area contributed by atoms with E-state index in [2.05, 4.69) is 5.32 Å². The minimum absolute atomic E-state index is 0.0939. The minimum atomic E-state index is -3.17. The largest absolute Gasteiger partial charge is 0.384 e. The smallest absolute Gasteiger partial charge is 0.216 e. The number of methoxy groups -OCH3 is 1. The molecule has 2 unspecified atom stereocenters. The summed E-state index contributed by atoms with van der Waals surface area (Å²) in [7, 11) is -1.63. The maximum absolute atomic E-state index is 12.3. The van der Waals surface area contributed by atoms with E-state index in [1.54, 1.807) is 4.31 Å². The Hall–Kier alpha value is -0.170. The Morgan fingerprint density at radius 2 is 1.89 bits per heavy atom. The van der Waals surface area contributed by atoms with Crippen LogP contribution in [0.5, 0.6) is 0 Å². The Labute approximate surface area is 110 Å². The van der Waals surface area contributed by atoms with Gasteiger partial charge in [0, 0.05) is 31.8 Å². The van der Waals surface area contributed by atoms with Crippen molar-refractivity contribution in [3.63, 3.8) is 0 Å². The lowest BCUT2D eigenvalue weighted by Gasteiger charge is -2.36. The van der Waals surface area contributed by atoms with Crippen LogP contribution in [0, 0.1) is 0 Å². The maximum Gasteiger partial charge on any atom is 0.216 e. The first-order valence-corrected chi connectivity index (χ1v) is 8.42. The second-order valence-electron chi connectivity index (χ2n) is 5.28. The standard InChI is InChI=1S/C12H24N2O3S/c1-3-14(18(15,16)7-6-17-2)12-8-10-4-5-11(9-12)13-10/h10-13H,3-9H2,1-2H3. The molecule has 2 atom stereocenters. The predicted octanol–water partition coefficient (Wildman–Crippen LogP) is 0.568. The van der Waals surface area contributed by atoms with Crippen LogP contribution in [-0.2, 0) is 14.8 Å². The van der Waals surface area contributed by atoms with E-state index >= 15 is 0 Å². The number of rotatable bonds is 6. The van der Waals surface area contributed by atoms with E-state index in [1.165, 1.54) is 20.0 Å². The van der Waals surface area contributed by atoms with Gasteiger partial charge in [-0.25, -0.2) is 8.42 Å². The van der Waals surface area contributed by atoms with E-state index in [4.69, 9.17) is 4.74 Å². The lowest BCUT2D eigenvalue weighted by molar-refractivity contribution is 0.208. The molecule has 0 aromatic heterocycles. The van der Waals surface area contributed by atoms with E-state index in [-0.39, 0.29) is 18.4 Å². The number of piperidine rings is 1. The zero-order valence-corrected chi connectivity index (χ0v) is 12.1. The Morgan fingerprint density at radius 3 is 2.39 bits per heavy atom. The maximum atomic E-state index is 12.3. The molecule has 1 N–H and O–H groups in total. The lowest BCUT2D eigenvalue weighted by Crippen LogP contribution is -2.50. The first-order chi connectivity index (χ1) is 8.56. The number of sulfonamides is 1. The average molecular weight is 276 g/mol. The van der Waals surface area contributed by atoms with Crippen molar-refractivity contribution in [2.45, 2.75) is 50.7 Å². The molecular formula is C12H24N2O3S. The van der Waals surface area contributed by atoms with Gasteiger partial charge in [0.1, 0.15) is 0 Å². The topological polar surface area (TPSA) is 58.6 Å². The quantitative estimate of drug-likeness (QED) is 0.770. The summed E-state index contributed by atoms with van der Waals surface area (Å²) in [5.74, 6) is 0.0939. The summed E-state index contributed by atoms with van der Waals surface area (Å²) in [6, 6.07) is 1.21. The molecule has 18 heavy (non-hydrogen) atoms. The Morgan fingerprint density at radius 1 is 1.28 bits per heavy atom. The average Bonchev–Trinajstić information content (AvgIpc) is 2.67. The highest BCUT2D eigenvalue weighted by Gasteiger charge is 2.39. The van der Waals surface area contributed by atoms with Crippen LogP contribution in [0.4, 0.5) is 0 Å². The van der Waals surface area contributed by atoms with Gasteiger partial charge in [-0.05, 0) is 25.7 Å². The SMILES string of the molecule is CCN(C1CC2CCC(C1)N2)S(=O)(=O)CCOC. The summed E-state index contributed by atoms with van der Waals surface area (Å²) in [5.41, 5.74) is 0. The number of ether oxygens (including phenoxy) is 1. The van der Waals surface area contributed by atoms with Crippen molar-refractivity contribution in [2.24, 2.45) is 0 Å². The summed E-state index contributed by atoms with van der Waals surface area (Å²) in [5, 5.41) is 3.55. The third-order valence-corrected chi connectivity index (χ3v) is 6.02. The third-order valence-electron chi connectivity index (χ3n) is 4.07. The monoisotopic (exact) mass is 276 g/mol. The van der Waals surface area contributed by atoms with E-state index in [0.717, 1.165) is 12.8 Å². The summed E-state index contributed by atoms with van der Waals surface area (Å²) in [4.78, 5) is 0. The fourth-order valence-corrected chi connectivity index (χ4v) is 4.88. The van der Waals surface area contributed by atoms with Gasteiger partial charge in [0.15, 0.2) is 0 Å². The first-order valence-electron chi connectivity index (χ1n) is 6.81. The molecule has 0 aliphatic carbocycles. The van der Waals surface area contributed by atoms with Crippen LogP contribution < -0.4 is 5.32 Å². The molecule has 0 saturated carbocycles. The fourth-order valence-electron chi connectivity index (χ4n) is 3.25. The van der Waals surface area contributed by atoms with Crippen molar-refractivity contribution >= 4 is 10.0 Å². The molecule has 0 aromatic rings. The Kier molecular flexibility index (Phi) is 4.64. The lowest BCUT2D eigenvalue weighted by atomic mass is 10.00. The van der Waals surface area contributed by atoms with E-state index in [1.807, 2.05) is 6.92 Å². The van der Waals surface area contributed by atoms with Crippen LogP contribution in [0.1, 0.15) is 32.6 Å². The fraction of sp³-hybridized carbons (Fsp3) is 1.00. The van der Waals surface area contributed by atoms with E-state index in [0.29, 0.717) is 18.6 Å². The first kappa shape index (κ1) is 14.2. The van der Waals surface area contributed by atoms with Gasteiger partial charge in [-0.2, -0.15) is 4.31 Å². The van der Waals surface area contributed by atoms with Crippen LogP contribution in [0.25, 0.3) is 0 Å². The van der Waals surface area contributed by atoms with Crippen LogP contribution in [0.3, 0.4) is 0 Å². The van der Waals surface area contributed by atoms with Crippen molar-refractivity contribution in [1.82, 2.24) is 9.62 Å². The molecule has 106 valence electrons. The van der Waals surface area contributed by atoms with Crippen LogP contribution in [0.15, 0.2) is 0 Å². The van der Waals surface area contributed by atoms with E-state index < -0.39 is 10.0 Å². The second kappa shape index (κ2) is 5.86. The molecule has 0 amide bonds. The normalized spacial score (nSPS) is 32.1. The Bertz CT molecular complexity index is 360. The molecule has 0 aromatic carbocycles. The molecule has 2 aliphatic rings. The molecular weight excluding hydrogens is 252 g/mol. The molecule has 0 radical (unpaired) electrons. The molecule has 2 heterocycles. The third kappa shape index (κ3) is 3.04. The molecule has 0 spiro atoms. The highest BCUT2D eigenvalue weighted by atomic mass is 32.2. The molecule has 5 nitrogen and oxygen atoms in total. The number of hydrogen-bond acceptors (Lipinski definition) is 4. The van der Waals surface area contributed by atoms with Crippen LogP contribution >= 0.6 is 0 Å². The molecule has 2 bridgehead atoms. The number of nitrogens with one attached hydrogen (secondary N) is 1. The van der Waals surface area contributed by atoms with Crippen molar-refractivity contribution in [3.05, 3.63) is 0 Å². The predicted molar refractivity (Wildman–Crippen MR) is 71.0 cm³/mol. The highest BCUT2D eigenvalue weighted by Crippen LogP contribution is 2.30. The highest BCUT2D eigenvalue weighted by molar-refractivity contribution is 7.89. The van der Waals surface area contributed by atoms with E-state index in [9.17, 15) is 8.42 Å². The van der Waals surface area contributed by atoms with Gasteiger partial charge in [-0.15, -0.1) is 0 Å². The van der Waals surface area contributed by atoms with Crippen LogP contribution in [-0.4, -0.2) is 56.9 Å². The molecule has 2 fully saturated rings. The summed E-state index contributed by atoms with van der Waals surface area (Å²) < 4.78 is 31.1. The second-order valence-corrected chi connectivity index (χ2v) is 7.32.